The summed E-state index contributed by atoms with van der Waals surface area (Å²) in [6.45, 7) is 2.84. The molecular weight excluding hydrogens is 439 g/mol. The number of piperidine rings is 1. The predicted molar refractivity (Wildman–Crippen MR) is 120 cm³/mol. The first kappa shape index (κ1) is 24.0. The van der Waals surface area contributed by atoms with Gasteiger partial charge in [0.05, 0.1) is 30.9 Å². The lowest BCUT2D eigenvalue weighted by Gasteiger charge is -2.38. The fourth-order valence-corrected chi connectivity index (χ4v) is 3.80. The van der Waals surface area contributed by atoms with Gasteiger partial charge in [-0.15, -0.1) is 0 Å². The van der Waals surface area contributed by atoms with Crippen molar-refractivity contribution in [3.05, 3.63) is 46.7 Å². The number of anilines is 1. The summed E-state index contributed by atoms with van der Waals surface area (Å²) < 4.78 is 29.4. The third-order valence-electron chi connectivity index (χ3n) is 5.37. The fraction of sp³-hybridized carbons (Fsp3) is 0.455. The van der Waals surface area contributed by atoms with Gasteiger partial charge < -0.3 is 30.2 Å². The number of nitrogens with two attached hydrogens (primary N) is 1. The molecule has 1 aromatic carbocycles. The van der Waals surface area contributed by atoms with E-state index in [1.54, 1.807) is 19.2 Å². The molecule has 10 heteroatoms. The Balaban J connectivity index is 1.49. The van der Waals surface area contributed by atoms with E-state index in [0.717, 1.165) is 25.9 Å². The van der Waals surface area contributed by atoms with Gasteiger partial charge in [0.25, 0.3) is 5.91 Å². The second-order valence-electron chi connectivity index (χ2n) is 7.51. The van der Waals surface area contributed by atoms with Crippen LogP contribution in [0.1, 0.15) is 23.2 Å². The molecule has 2 aromatic rings. The molecule has 1 fully saturated rings. The van der Waals surface area contributed by atoms with Crippen LogP contribution in [0, 0.1) is 5.82 Å². The molecule has 3 N–H and O–H groups in total. The van der Waals surface area contributed by atoms with Crippen molar-refractivity contribution in [3.63, 3.8) is 0 Å². The molecule has 0 radical (unpaired) electrons. The molecule has 32 heavy (non-hydrogen) atoms. The minimum atomic E-state index is -0.343. The molecular formula is C22H28ClFN4O4. The lowest BCUT2D eigenvalue weighted by Crippen LogP contribution is -2.55. The average molecular weight is 467 g/mol. The molecule has 1 aliphatic heterocycles. The highest BCUT2D eigenvalue weighted by atomic mass is 35.5. The van der Waals surface area contributed by atoms with E-state index in [1.165, 1.54) is 25.3 Å². The highest BCUT2D eigenvalue weighted by molar-refractivity contribution is 6.33. The number of rotatable bonds is 9. The minimum absolute atomic E-state index is 0.103. The number of carbonyl (C=O) groups excluding carboxylic acids is 1. The summed E-state index contributed by atoms with van der Waals surface area (Å²) in [5.41, 5.74) is 5.92. The van der Waals surface area contributed by atoms with Gasteiger partial charge in [0.2, 0.25) is 5.88 Å². The molecule has 3 rings (SSSR count). The molecule has 2 heterocycles. The Morgan fingerprint density at radius 1 is 1.34 bits per heavy atom. The van der Waals surface area contributed by atoms with Gasteiger partial charge in [-0.1, -0.05) is 11.6 Å². The van der Waals surface area contributed by atoms with Gasteiger partial charge >= 0.3 is 0 Å². The number of nitrogen functional groups attached to an aromatic ring is 1. The quantitative estimate of drug-likeness (QED) is 0.548. The second-order valence-corrected chi connectivity index (χ2v) is 7.92. The van der Waals surface area contributed by atoms with E-state index >= 15 is 0 Å². The number of amides is 1. The topological polar surface area (TPSA) is 98.9 Å². The molecule has 8 nitrogen and oxygen atoms in total. The summed E-state index contributed by atoms with van der Waals surface area (Å²) in [5.74, 6) is 0.246. The number of pyridine rings is 1. The van der Waals surface area contributed by atoms with Crippen LogP contribution in [-0.4, -0.2) is 68.4 Å². The molecule has 2 unspecified atom stereocenters. The maximum Gasteiger partial charge on any atom is 0.257 e. The number of aromatic nitrogens is 1. The molecule has 0 aliphatic carbocycles. The highest BCUT2D eigenvalue weighted by Crippen LogP contribution is 2.25. The third-order valence-corrected chi connectivity index (χ3v) is 5.67. The summed E-state index contributed by atoms with van der Waals surface area (Å²) in [7, 11) is 3.05. The number of hydrogen-bond donors (Lipinski definition) is 2. The number of methoxy groups -OCH3 is 2. The summed E-state index contributed by atoms with van der Waals surface area (Å²) in [4.78, 5) is 19.1. The Morgan fingerprint density at radius 3 is 2.78 bits per heavy atom. The molecule has 1 aromatic heterocycles. The summed E-state index contributed by atoms with van der Waals surface area (Å²) in [6, 6.07) is 7.27. The third kappa shape index (κ3) is 6.21. The van der Waals surface area contributed by atoms with Gasteiger partial charge in [-0.2, -0.15) is 4.98 Å². The first-order chi connectivity index (χ1) is 15.4. The van der Waals surface area contributed by atoms with E-state index in [-0.39, 0.29) is 46.2 Å². The first-order valence-electron chi connectivity index (χ1n) is 10.4. The fourth-order valence-electron chi connectivity index (χ4n) is 3.65. The Labute approximate surface area is 191 Å². The number of carbonyl (C=O) groups is 1. The van der Waals surface area contributed by atoms with Crippen LogP contribution in [0.2, 0.25) is 5.02 Å². The van der Waals surface area contributed by atoms with Crippen LogP contribution in [0.25, 0.3) is 0 Å². The predicted octanol–water partition coefficient (Wildman–Crippen LogP) is 2.75. The van der Waals surface area contributed by atoms with Crippen LogP contribution in [0.15, 0.2) is 30.3 Å². The molecule has 0 spiro atoms. The van der Waals surface area contributed by atoms with E-state index < -0.39 is 0 Å². The highest BCUT2D eigenvalue weighted by Gasteiger charge is 2.31. The molecule has 0 bridgehead atoms. The Morgan fingerprint density at radius 2 is 2.09 bits per heavy atom. The smallest absolute Gasteiger partial charge is 0.257 e. The van der Waals surface area contributed by atoms with Gasteiger partial charge in [-0.05, 0) is 43.2 Å². The number of hydrogen-bond acceptors (Lipinski definition) is 7. The van der Waals surface area contributed by atoms with Gasteiger partial charge in [0, 0.05) is 26.7 Å². The van der Waals surface area contributed by atoms with Crippen LogP contribution in [0.5, 0.6) is 11.6 Å². The van der Waals surface area contributed by atoms with Crippen molar-refractivity contribution >= 4 is 23.3 Å². The van der Waals surface area contributed by atoms with Crippen molar-refractivity contribution in [2.24, 2.45) is 0 Å². The van der Waals surface area contributed by atoms with Crippen LogP contribution in [0.3, 0.4) is 0 Å². The number of ether oxygens (including phenoxy) is 3. The van der Waals surface area contributed by atoms with Gasteiger partial charge in [0.15, 0.2) is 0 Å². The number of benzene rings is 1. The van der Waals surface area contributed by atoms with E-state index in [4.69, 9.17) is 31.5 Å². The second kappa shape index (κ2) is 11.3. The zero-order valence-electron chi connectivity index (χ0n) is 18.1. The SMILES string of the molecule is COc1nc(N)c(Cl)cc1C(=O)NC1CCN(CCCOc2ccc(F)cc2)CC1OC. The van der Waals surface area contributed by atoms with Crippen molar-refractivity contribution in [1.82, 2.24) is 15.2 Å². The maximum atomic E-state index is 12.9. The van der Waals surface area contributed by atoms with E-state index in [9.17, 15) is 9.18 Å². The van der Waals surface area contributed by atoms with Crippen molar-refractivity contribution in [2.45, 2.75) is 25.0 Å². The van der Waals surface area contributed by atoms with Crippen molar-refractivity contribution in [2.75, 3.05) is 46.2 Å². The number of likely N-dealkylation sites (tertiary alicyclic amines) is 1. The lowest BCUT2D eigenvalue weighted by atomic mass is 10.0. The Kier molecular flexibility index (Phi) is 8.49. The molecule has 0 saturated carbocycles. The monoisotopic (exact) mass is 466 g/mol. The lowest BCUT2D eigenvalue weighted by molar-refractivity contribution is 0.00526. The molecule has 1 aliphatic rings. The van der Waals surface area contributed by atoms with Crippen LogP contribution < -0.4 is 20.5 Å². The maximum absolute atomic E-state index is 12.9. The van der Waals surface area contributed by atoms with E-state index in [1.807, 2.05) is 0 Å². The molecule has 1 saturated heterocycles. The van der Waals surface area contributed by atoms with E-state index in [0.29, 0.717) is 18.9 Å². The van der Waals surface area contributed by atoms with Crippen molar-refractivity contribution in [1.29, 1.82) is 0 Å². The molecule has 2 atom stereocenters. The van der Waals surface area contributed by atoms with Gasteiger partial charge in [0.1, 0.15) is 22.9 Å². The largest absolute Gasteiger partial charge is 0.494 e. The standard InChI is InChI=1S/C22H28ClFN4O4/c1-30-19-13-28(9-3-11-32-15-6-4-14(24)5-7-15)10-8-18(19)26-21(29)16-12-17(23)20(25)27-22(16)31-2/h4-7,12,18-19H,3,8-11,13H2,1-2H3,(H2,25,27)(H,26,29). The Hall–Kier alpha value is -2.62. The van der Waals surface area contributed by atoms with Crippen molar-refractivity contribution in [3.8, 4) is 11.6 Å². The van der Waals surface area contributed by atoms with Gasteiger partial charge in [-0.25, -0.2) is 4.39 Å². The number of nitrogens with one attached hydrogen (secondary N) is 1. The number of halogens is 2. The first-order valence-corrected chi connectivity index (χ1v) is 10.7. The minimum Gasteiger partial charge on any atom is -0.494 e. The Bertz CT molecular complexity index is 916. The number of nitrogens with zero attached hydrogens (tertiary/aromatic N) is 2. The zero-order valence-corrected chi connectivity index (χ0v) is 18.9. The van der Waals surface area contributed by atoms with Crippen LogP contribution >= 0.6 is 11.6 Å². The molecule has 174 valence electrons. The molecule has 1 amide bonds. The van der Waals surface area contributed by atoms with Crippen LogP contribution in [0.4, 0.5) is 10.2 Å². The van der Waals surface area contributed by atoms with Crippen LogP contribution in [-0.2, 0) is 4.74 Å². The average Bonchev–Trinajstić information content (AvgIpc) is 2.80. The summed E-state index contributed by atoms with van der Waals surface area (Å²) >= 11 is 6.03. The van der Waals surface area contributed by atoms with Crippen molar-refractivity contribution < 1.29 is 23.4 Å². The normalized spacial score (nSPS) is 18.9. The summed E-state index contributed by atoms with van der Waals surface area (Å²) in [6.07, 6.45) is 1.37. The van der Waals surface area contributed by atoms with E-state index in [2.05, 4.69) is 15.2 Å². The zero-order chi connectivity index (χ0) is 23.1. The van der Waals surface area contributed by atoms with Gasteiger partial charge in [-0.3, -0.25) is 4.79 Å². The summed E-state index contributed by atoms with van der Waals surface area (Å²) in [5, 5.41) is 3.20.